The van der Waals surface area contributed by atoms with Gasteiger partial charge in [0.2, 0.25) is 0 Å². The van der Waals surface area contributed by atoms with Crippen molar-refractivity contribution in [1.29, 1.82) is 5.26 Å². The number of halogens is 1. The monoisotopic (exact) mass is 262 g/mol. The Kier molecular flexibility index (Phi) is 5.07. The van der Waals surface area contributed by atoms with Crippen LogP contribution in [0.15, 0.2) is 24.3 Å². The zero-order valence-electron chi connectivity index (χ0n) is 10.8. The van der Waals surface area contributed by atoms with Crippen LogP contribution in [-0.4, -0.2) is 24.7 Å². The van der Waals surface area contributed by atoms with Crippen LogP contribution in [0.1, 0.15) is 12.5 Å². The van der Waals surface area contributed by atoms with Crippen LogP contribution in [0.3, 0.4) is 0 Å². The Labute approximate surface area is 111 Å². The first-order valence-corrected chi connectivity index (χ1v) is 5.75. The standard InChI is InChI=1S/C14H15FN2O2/c1-10(8-16)9-17(2)13-5-4-12(15)7-11(13)3-6-14(18)19/h3-7,10H,9H2,1-2H3,(H,18,19)/b6-3+. The first-order valence-electron chi connectivity index (χ1n) is 5.75. The fraction of sp³-hybridized carbons (Fsp3) is 0.286. The van der Waals surface area contributed by atoms with Crippen molar-refractivity contribution >= 4 is 17.7 Å². The zero-order chi connectivity index (χ0) is 14.4. The predicted octanol–water partition coefficient (Wildman–Crippen LogP) is 2.52. The van der Waals surface area contributed by atoms with Crippen molar-refractivity contribution in [3.63, 3.8) is 0 Å². The summed E-state index contributed by atoms with van der Waals surface area (Å²) >= 11 is 0. The van der Waals surface area contributed by atoms with Crippen molar-refractivity contribution in [2.45, 2.75) is 6.92 Å². The van der Waals surface area contributed by atoms with Crippen LogP contribution < -0.4 is 4.90 Å². The number of nitriles is 1. The highest BCUT2D eigenvalue weighted by molar-refractivity contribution is 5.87. The Morgan fingerprint density at radius 3 is 2.89 bits per heavy atom. The molecule has 0 aliphatic carbocycles. The lowest BCUT2D eigenvalue weighted by atomic mass is 10.1. The van der Waals surface area contributed by atoms with Crippen molar-refractivity contribution in [2.24, 2.45) is 5.92 Å². The maximum Gasteiger partial charge on any atom is 0.328 e. The fourth-order valence-corrected chi connectivity index (χ4v) is 1.72. The second-order valence-corrected chi connectivity index (χ2v) is 4.29. The molecule has 0 fully saturated rings. The summed E-state index contributed by atoms with van der Waals surface area (Å²) in [4.78, 5) is 12.3. The molecule has 1 unspecified atom stereocenters. The number of carboxylic acid groups (broad SMARTS) is 1. The van der Waals surface area contributed by atoms with E-state index in [9.17, 15) is 9.18 Å². The summed E-state index contributed by atoms with van der Waals surface area (Å²) in [5.41, 5.74) is 1.15. The minimum Gasteiger partial charge on any atom is -0.478 e. The molecule has 1 aromatic rings. The number of rotatable bonds is 5. The van der Waals surface area contributed by atoms with Gasteiger partial charge in [0.25, 0.3) is 0 Å². The number of benzene rings is 1. The third-order valence-corrected chi connectivity index (χ3v) is 2.57. The SMILES string of the molecule is CC(C#N)CN(C)c1ccc(F)cc1/C=C/C(=O)O. The Morgan fingerprint density at radius 2 is 2.32 bits per heavy atom. The minimum absolute atomic E-state index is 0.175. The molecule has 0 saturated carbocycles. The maximum absolute atomic E-state index is 13.2. The lowest BCUT2D eigenvalue weighted by Gasteiger charge is -2.22. The minimum atomic E-state index is -1.09. The number of aliphatic carboxylic acids is 1. The number of carbonyl (C=O) groups is 1. The summed E-state index contributed by atoms with van der Waals surface area (Å²) in [7, 11) is 1.78. The van der Waals surface area contributed by atoms with E-state index in [4.69, 9.17) is 10.4 Å². The van der Waals surface area contributed by atoms with Gasteiger partial charge in [-0.15, -0.1) is 0 Å². The predicted molar refractivity (Wildman–Crippen MR) is 71.1 cm³/mol. The van der Waals surface area contributed by atoms with Gasteiger partial charge < -0.3 is 10.0 Å². The summed E-state index contributed by atoms with van der Waals surface area (Å²) in [6.07, 6.45) is 2.30. The molecule has 5 heteroatoms. The molecule has 1 rings (SSSR count). The summed E-state index contributed by atoms with van der Waals surface area (Å²) in [5, 5.41) is 17.4. The summed E-state index contributed by atoms with van der Waals surface area (Å²) in [6.45, 7) is 2.27. The molecule has 0 saturated heterocycles. The van der Waals surface area contributed by atoms with E-state index in [2.05, 4.69) is 6.07 Å². The van der Waals surface area contributed by atoms with E-state index in [1.165, 1.54) is 18.2 Å². The molecule has 0 radical (unpaired) electrons. The van der Waals surface area contributed by atoms with E-state index < -0.39 is 11.8 Å². The van der Waals surface area contributed by atoms with Crippen LogP contribution >= 0.6 is 0 Å². The van der Waals surface area contributed by atoms with Crippen LogP contribution in [0.5, 0.6) is 0 Å². The highest BCUT2D eigenvalue weighted by atomic mass is 19.1. The molecule has 4 nitrogen and oxygen atoms in total. The topological polar surface area (TPSA) is 64.3 Å². The summed E-state index contributed by atoms with van der Waals surface area (Å²) < 4.78 is 13.2. The van der Waals surface area contributed by atoms with Crippen molar-refractivity contribution in [1.82, 2.24) is 0 Å². The highest BCUT2D eigenvalue weighted by Gasteiger charge is 2.10. The molecule has 1 aromatic carbocycles. The summed E-state index contributed by atoms with van der Waals surface area (Å²) in [6, 6.07) is 6.26. The number of anilines is 1. The second-order valence-electron chi connectivity index (χ2n) is 4.29. The molecule has 0 aliphatic rings. The van der Waals surface area contributed by atoms with Gasteiger partial charge in [-0.2, -0.15) is 5.26 Å². The number of hydrogen-bond donors (Lipinski definition) is 1. The maximum atomic E-state index is 13.2. The third-order valence-electron chi connectivity index (χ3n) is 2.57. The van der Waals surface area contributed by atoms with Gasteiger partial charge in [0.1, 0.15) is 5.82 Å². The van der Waals surface area contributed by atoms with Gasteiger partial charge >= 0.3 is 5.97 Å². The van der Waals surface area contributed by atoms with E-state index in [-0.39, 0.29) is 5.92 Å². The molecule has 0 aliphatic heterocycles. The molecule has 1 N–H and O–H groups in total. The first kappa shape index (κ1) is 14.7. The average molecular weight is 262 g/mol. The van der Waals surface area contributed by atoms with E-state index in [1.54, 1.807) is 24.9 Å². The Hall–Kier alpha value is -2.35. The fourth-order valence-electron chi connectivity index (χ4n) is 1.72. The second kappa shape index (κ2) is 6.55. The van der Waals surface area contributed by atoms with Gasteiger partial charge in [-0.3, -0.25) is 0 Å². The number of nitrogens with zero attached hydrogens (tertiary/aromatic N) is 2. The average Bonchev–Trinajstić information content (AvgIpc) is 2.36. The van der Waals surface area contributed by atoms with Crippen molar-refractivity contribution in [3.8, 4) is 6.07 Å². The zero-order valence-corrected chi connectivity index (χ0v) is 10.8. The molecule has 1 atom stereocenters. The van der Waals surface area contributed by atoms with Gasteiger partial charge in [0.15, 0.2) is 0 Å². The van der Waals surface area contributed by atoms with Gasteiger partial charge in [0, 0.05) is 30.9 Å². The lowest BCUT2D eigenvalue weighted by Crippen LogP contribution is -2.23. The van der Waals surface area contributed by atoms with E-state index >= 15 is 0 Å². The van der Waals surface area contributed by atoms with Crippen LogP contribution in [-0.2, 0) is 4.79 Å². The van der Waals surface area contributed by atoms with Crippen LogP contribution in [0.4, 0.5) is 10.1 Å². The molecule has 0 heterocycles. The molecule has 0 aromatic heterocycles. The quantitative estimate of drug-likeness (QED) is 0.828. The molecule has 0 bridgehead atoms. The molecule has 0 spiro atoms. The largest absolute Gasteiger partial charge is 0.478 e. The van der Waals surface area contributed by atoms with Gasteiger partial charge in [-0.05, 0) is 31.2 Å². The third kappa shape index (κ3) is 4.43. The molecule has 19 heavy (non-hydrogen) atoms. The van der Waals surface area contributed by atoms with Crippen molar-refractivity contribution < 1.29 is 14.3 Å². The van der Waals surface area contributed by atoms with Crippen LogP contribution in [0.2, 0.25) is 0 Å². The highest BCUT2D eigenvalue weighted by Crippen LogP contribution is 2.23. The Bertz CT molecular complexity index is 535. The van der Waals surface area contributed by atoms with E-state index in [0.29, 0.717) is 17.8 Å². The van der Waals surface area contributed by atoms with E-state index in [1.807, 2.05) is 0 Å². The van der Waals surface area contributed by atoms with Crippen molar-refractivity contribution in [3.05, 3.63) is 35.7 Å². The van der Waals surface area contributed by atoms with E-state index in [0.717, 1.165) is 6.08 Å². The molecular formula is C14H15FN2O2. The van der Waals surface area contributed by atoms with Gasteiger partial charge in [-0.25, -0.2) is 9.18 Å². The van der Waals surface area contributed by atoms with Gasteiger partial charge in [-0.1, -0.05) is 0 Å². The molecule has 0 amide bonds. The molecule has 100 valence electrons. The lowest BCUT2D eigenvalue weighted by molar-refractivity contribution is -0.131. The Morgan fingerprint density at radius 1 is 1.63 bits per heavy atom. The smallest absolute Gasteiger partial charge is 0.328 e. The van der Waals surface area contributed by atoms with Crippen molar-refractivity contribution in [2.75, 3.05) is 18.5 Å². The number of hydrogen-bond acceptors (Lipinski definition) is 3. The Balaban J connectivity index is 3.06. The van der Waals surface area contributed by atoms with Crippen LogP contribution in [0, 0.1) is 23.1 Å². The number of carboxylic acids is 1. The first-order chi connectivity index (χ1) is 8.93. The normalized spacial score (nSPS) is 12.1. The van der Waals surface area contributed by atoms with Crippen LogP contribution in [0.25, 0.3) is 6.08 Å². The summed E-state index contributed by atoms with van der Waals surface area (Å²) in [5.74, 6) is -1.70. The van der Waals surface area contributed by atoms with Gasteiger partial charge in [0.05, 0.1) is 12.0 Å². The molecular weight excluding hydrogens is 247 g/mol.